The Morgan fingerprint density at radius 2 is 1.78 bits per heavy atom. The number of piperidine rings is 1. The summed E-state index contributed by atoms with van der Waals surface area (Å²) in [6.07, 6.45) is 9.76. The molecule has 8 nitrogen and oxygen atoms in total. The molecular weight excluding hydrogens is 404 g/mol. The monoisotopic (exact) mass is 426 g/mol. The van der Waals surface area contributed by atoms with Crippen molar-refractivity contribution in [3.8, 4) is 11.3 Å². The van der Waals surface area contributed by atoms with Gasteiger partial charge in [-0.3, -0.25) is 19.6 Å². The van der Waals surface area contributed by atoms with E-state index in [9.17, 15) is 9.59 Å². The molecule has 0 atom stereocenters. The molecular formula is C24H22N6O2. The minimum atomic E-state index is -0.309. The Balaban J connectivity index is 1.40. The van der Waals surface area contributed by atoms with E-state index in [1.807, 2.05) is 29.2 Å². The summed E-state index contributed by atoms with van der Waals surface area (Å²) in [5.74, 6) is -0.284. The largest absolute Gasteiger partial charge is 0.339 e. The molecule has 8 heteroatoms. The van der Waals surface area contributed by atoms with Gasteiger partial charge in [0.25, 0.3) is 11.8 Å². The van der Waals surface area contributed by atoms with Gasteiger partial charge in [-0.25, -0.2) is 4.52 Å². The second-order valence-corrected chi connectivity index (χ2v) is 7.75. The zero-order chi connectivity index (χ0) is 21.9. The lowest BCUT2D eigenvalue weighted by atomic mass is 10.1. The zero-order valence-corrected chi connectivity index (χ0v) is 17.4. The van der Waals surface area contributed by atoms with Crippen LogP contribution in [0.5, 0.6) is 0 Å². The molecule has 4 aromatic rings. The summed E-state index contributed by atoms with van der Waals surface area (Å²) in [6, 6.07) is 12.7. The van der Waals surface area contributed by atoms with Crippen LogP contribution in [0.2, 0.25) is 0 Å². The highest BCUT2D eigenvalue weighted by molar-refractivity contribution is 6.03. The Hall–Kier alpha value is -4.07. The smallest absolute Gasteiger partial charge is 0.274 e. The van der Waals surface area contributed by atoms with E-state index >= 15 is 0 Å². The van der Waals surface area contributed by atoms with Gasteiger partial charge in [-0.1, -0.05) is 6.07 Å². The number of nitrogens with one attached hydrogen (secondary N) is 1. The first-order valence-corrected chi connectivity index (χ1v) is 10.6. The molecule has 1 N–H and O–H groups in total. The molecule has 0 spiro atoms. The average molecular weight is 426 g/mol. The van der Waals surface area contributed by atoms with Crippen molar-refractivity contribution in [2.24, 2.45) is 0 Å². The first-order chi connectivity index (χ1) is 15.7. The molecule has 1 aliphatic heterocycles. The number of rotatable bonds is 4. The lowest BCUT2D eigenvalue weighted by Gasteiger charge is -2.26. The van der Waals surface area contributed by atoms with Crippen LogP contribution in [0.4, 0.5) is 5.69 Å². The summed E-state index contributed by atoms with van der Waals surface area (Å²) in [7, 11) is 0. The topological polar surface area (TPSA) is 92.5 Å². The van der Waals surface area contributed by atoms with Gasteiger partial charge in [0, 0.05) is 31.0 Å². The van der Waals surface area contributed by atoms with Crippen LogP contribution in [0, 0.1) is 0 Å². The maximum Gasteiger partial charge on any atom is 0.274 e. The van der Waals surface area contributed by atoms with Crippen molar-refractivity contribution in [1.29, 1.82) is 0 Å². The van der Waals surface area contributed by atoms with Crippen molar-refractivity contribution in [2.75, 3.05) is 18.4 Å². The highest BCUT2D eigenvalue weighted by atomic mass is 16.2. The van der Waals surface area contributed by atoms with Gasteiger partial charge >= 0.3 is 0 Å². The second kappa shape index (κ2) is 8.58. The summed E-state index contributed by atoms with van der Waals surface area (Å²) < 4.78 is 1.75. The quantitative estimate of drug-likeness (QED) is 0.538. The Kier molecular flexibility index (Phi) is 5.33. The van der Waals surface area contributed by atoms with Crippen molar-refractivity contribution in [3.05, 3.63) is 78.5 Å². The minimum Gasteiger partial charge on any atom is -0.339 e. The number of fused-ring (bicyclic) bond motifs is 1. The molecule has 0 aromatic carbocycles. The van der Waals surface area contributed by atoms with E-state index in [1.165, 1.54) is 6.42 Å². The van der Waals surface area contributed by atoms with Crippen LogP contribution in [0.25, 0.3) is 16.8 Å². The Morgan fingerprint density at radius 3 is 2.53 bits per heavy atom. The van der Waals surface area contributed by atoms with Gasteiger partial charge in [0.1, 0.15) is 5.69 Å². The Bertz CT molecular complexity index is 1260. The number of aromatic nitrogens is 4. The third-order valence-corrected chi connectivity index (χ3v) is 5.63. The van der Waals surface area contributed by atoms with Crippen molar-refractivity contribution in [2.45, 2.75) is 19.3 Å². The molecule has 0 radical (unpaired) electrons. The van der Waals surface area contributed by atoms with Gasteiger partial charge in [-0.15, -0.1) is 0 Å². The average Bonchev–Trinajstić information content (AvgIpc) is 3.29. The number of hydrogen-bond acceptors (Lipinski definition) is 5. The zero-order valence-electron chi connectivity index (χ0n) is 17.4. The van der Waals surface area contributed by atoms with E-state index in [2.05, 4.69) is 20.4 Å². The molecule has 1 fully saturated rings. The molecule has 0 saturated carbocycles. The molecule has 0 bridgehead atoms. The maximum atomic E-state index is 13.0. The van der Waals surface area contributed by atoms with Crippen LogP contribution in [0.15, 0.2) is 67.3 Å². The third-order valence-electron chi connectivity index (χ3n) is 5.63. The summed E-state index contributed by atoms with van der Waals surface area (Å²) >= 11 is 0. The van der Waals surface area contributed by atoms with E-state index in [0.29, 0.717) is 16.9 Å². The number of hydrogen-bond donors (Lipinski definition) is 1. The van der Waals surface area contributed by atoms with E-state index < -0.39 is 0 Å². The van der Waals surface area contributed by atoms with E-state index in [4.69, 9.17) is 0 Å². The van der Waals surface area contributed by atoms with E-state index in [0.717, 1.165) is 42.7 Å². The summed E-state index contributed by atoms with van der Waals surface area (Å²) in [4.78, 5) is 35.7. The van der Waals surface area contributed by atoms with E-state index in [1.54, 1.807) is 47.5 Å². The lowest BCUT2D eigenvalue weighted by Crippen LogP contribution is -2.35. The molecule has 160 valence electrons. The fourth-order valence-corrected chi connectivity index (χ4v) is 3.97. The number of pyridine rings is 3. The molecule has 4 aromatic heterocycles. The Labute approximate surface area is 184 Å². The van der Waals surface area contributed by atoms with E-state index in [-0.39, 0.29) is 11.8 Å². The van der Waals surface area contributed by atoms with Crippen LogP contribution in [-0.4, -0.2) is 49.4 Å². The van der Waals surface area contributed by atoms with Gasteiger partial charge in [-0.2, -0.15) is 5.10 Å². The van der Waals surface area contributed by atoms with Crippen molar-refractivity contribution < 1.29 is 9.59 Å². The number of anilines is 1. The first kappa shape index (κ1) is 19.9. The molecule has 0 unspecified atom stereocenters. The molecule has 2 amide bonds. The van der Waals surface area contributed by atoms with Gasteiger partial charge in [0.2, 0.25) is 0 Å². The molecule has 5 rings (SSSR count). The van der Waals surface area contributed by atoms with Gasteiger partial charge in [-0.05, 0) is 55.7 Å². The SMILES string of the molecule is O=C(Nc1cccnc1)c1ccc(-c2cccc3c(C(=O)N4CCCCC4)cnn23)cn1. The predicted octanol–water partition coefficient (Wildman–Crippen LogP) is 3.67. The second-order valence-electron chi connectivity index (χ2n) is 7.75. The number of amides is 2. The fourth-order valence-electron chi connectivity index (χ4n) is 3.97. The Morgan fingerprint density at radius 1 is 0.906 bits per heavy atom. The third kappa shape index (κ3) is 3.82. The highest BCUT2D eigenvalue weighted by Gasteiger charge is 2.22. The molecule has 0 aliphatic carbocycles. The predicted molar refractivity (Wildman–Crippen MR) is 120 cm³/mol. The van der Waals surface area contributed by atoms with Gasteiger partial charge in [0.15, 0.2) is 0 Å². The van der Waals surface area contributed by atoms with Crippen LogP contribution >= 0.6 is 0 Å². The standard InChI is InChI=1S/C24H22N6O2/c31-23(28-18-6-5-11-25-15-18)20-10-9-17(14-26-20)21-7-4-8-22-19(16-27-30(21)22)24(32)29-12-2-1-3-13-29/h4-11,14-16H,1-3,12-13H2,(H,28,31). The summed E-state index contributed by atoms with van der Waals surface area (Å²) in [5.41, 5.74) is 3.87. The summed E-state index contributed by atoms with van der Waals surface area (Å²) in [5, 5.41) is 7.25. The molecule has 1 saturated heterocycles. The number of likely N-dealkylation sites (tertiary alicyclic amines) is 1. The van der Waals surface area contributed by atoms with Crippen molar-refractivity contribution >= 4 is 23.0 Å². The minimum absolute atomic E-state index is 0.0254. The first-order valence-electron chi connectivity index (χ1n) is 10.6. The van der Waals surface area contributed by atoms with Crippen molar-refractivity contribution in [3.63, 3.8) is 0 Å². The number of carbonyl (C=O) groups excluding carboxylic acids is 2. The highest BCUT2D eigenvalue weighted by Crippen LogP contribution is 2.24. The molecule has 1 aliphatic rings. The van der Waals surface area contributed by atoms with Crippen LogP contribution < -0.4 is 5.32 Å². The lowest BCUT2D eigenvalue weighted by molar-refractivity contribution is 0.0726. The number of nitrogens with zero attached hydrogens (tertiary/aromatic N) is 5. The van der Waals surface area contributed by atoms with Crippen LogP contribution in [-0.2, 0) is 0 Å². The van der Waals surface area contributed by atoms with Crippen molar-refractivity contribution in [1.82, 2.24) is 24.5 Å². The van der Waals surface area contributed by atoms with Gasteiger partial charge in [0.05, 0.1) is 34.9 Å². The van der Waals surface area contributed by atoms with Gasteiger partial charge < -0.3 is 10.2 Å². The molecule has 32 heavy (non-hydrogen) atoms. The van der Waals surface area contributed by atoms with Crippen LogP contribution in [0.1, 0.15) is 40.1 Å². The maximum absolute atomic E-state index is 13.0. The normalized spacial score (nSPS) is 13.8. The number of carbonyl (C=O) groups is 2. The van der Waals surface area contributed by atoms with Crippen LogP contribution in [0.3, 0.4) is 0 Å². The summed E-state index contributed by atoms with van der Waals surface area (Å²) in [6.45, 7) is 1.59. The molecule has 5 heterocycles. The fraction of sp³-hybridized carbons (Fsp3) is 0.208.